The molecule has 0 saturated carbocycles. The van der Waals surface area contributed by atoms with E-state index in [4.69, 9.17) is 5.26 Å². The molecule has 0 unspecified atom stereocenters. The molecule has 1 amide bonds. The number of likely N-dealkylation sites (tertiary alicyclic amines) is 1. The number of benzene rings is 1. The highest BCUT2D eigenvalue weighted by molar-refractivity contribution is 7.09. The minimum Gasteiger partial charge on any atom is -0.340 e. The Morgan fingerprint density at radius 1 is 1.07 bits per heavy atom. The summed E-state index contributed by atoms with van der Waals surface area (Å²) < 4.78 is 0. The van der Waals surface area contributed by atoms with E-state index < -0.39 is 0 Å². The molecule has 2 aromatic rings. The summed E-state index contributed by atoms with van der Waals surface area (Å²) in [6.45, 7) is 9.23. The number of thiazole rings is 1. The number of amides is 1. The van der Waals surface area contributed by atoms with Crippen LogP contribution in [0.2, 0.25) is 0 Å². The molecule has 0 aliphatic carbocycles. The highest BCUT2D eigenvalue weighted by Gasteiger charge is 2.30. The van der Waals surface area contributed by atoms with Gasteiger partial charge in [0.25, 0.3) is 0 Å². The molecule has 4 rings (SSSR count). The first-order chi connectivity index (χ1) is 14.6. The number of piperidine rings is 1. The molecule has 7 heteroatoms. The molecule has 0 N–H and O–H groups in total. The molecule has 6 nitrogen and oxygen atoms in total. The second kappa shape index (κ2) is 9.69. The molecule has 158 valence electrons. The Hall–Kier alpha value is -2.27. The van der Waals surface area contributed by atoms with Crippen molar-refractivity contribution in [2.24, 2.45) is 5.92 Å². The number of nitrogens with zero attached hydrogens (tertiary/aromatic N) is 5. The number of hydrogen-bond acceptors (Lipinski definition) is 6. The highest BCUT2D eigenvalue weighted by Crippen LogP contribution is 2.22. The molecule has 1 aromatic carbocycles. The fourth-order valence-corrected chi connectivity index (χ4v) is 4.98. The molecule has 0 radical (unpaired) electrons. The van der Waals surface area contributed by atoms with Crippen LogP contribution in [0.25, 0.3) is 0 Å². The molecule has 30 heavy (non-hydrogen) atoms. The van der Waals surface area contributed by atoms with Gasteiger partial charge >= 0.3 is 0 Å². The van der Waals surface area contributed by atoms with Gasteiger partial charge in [-0.1, -0.05) is 12.1 Å². The lowest BCUT2D eigenvalue weighted by Gasteiger charge is -2.38. The number of piperazine rings is 1. The van der Waals surface area contributed by atoms with Gasteiger partial charge in [-0.05, 0) is 50.6 Å². The van der Waals surface area contributed by atoms with E-state index in [-0.39, 0.29) is 5.92 Å². The van der Waals surface area contributed by atoms with Crippen molar-refractivity contribution in [2.45, 2.75) is 32.9 Å². The van der Waals surface area contributed by atoms with E-state index in [1.807, 2.05) is 31.2 Å². The van der Waals surface area contributed by atoms with Crippen LogP contribution < -0.4 is 0 Å². The molecule has 2 saturated heterocycles. The fraction of sp³-hybridized carbons (Fsp3) is 0.522. The zero-order valence-corrected chi connectivity index (χ0v) is 18.4. The lowest BCUT2D eigenvalue weighted by molar-refractivity contribution is -0.139. The van der Waals surface area contributed by atoms with Crippen molar-refractivity contribution in [3.8, 4) is 6.07 Å². The van der Waals surface area contributed by atoms with Crippen molar-refractivity contribution >= 4 is 17.2 Å². The third-order valence-corrected chi connectivity index (χ3v) is 6.98. The molecule has 1 aromatic heterocycles. The largest absolute Gasteiger partial charge is 0.340 e. The maximum Gasteiger partial charge on any atom is 0.225 e. The topological polar surface area (TPSA) is 63.5 Å². The number of hydrogen-bond donors (Lipinski definition) is 0. The van der Waals surface area contributed by atoms with Crippen LogP contribution in [0.5, 0.6) is 0 Å². The van der Waals surface area contributed by atoms with E-state index >= 15 is 0 Å². The van der Waals surface area contributed by atoms with E-state index in [9.17, 15) is 4.79 Å². The second-order valence-electron chi connectivity index (χ2n) is 8.32. The molecule has 2 fully saturated rings. The second-order valence-corrected chi connectivity index (χ2v) is 9.38. The maximum atomic E-state index is 13.0. The van der Waals surface area contributed by atoms with Crippen LogP contribution >= 0.6 is 11.3 Å². The molecule has 0 spiro atoms. The Labute approximate surface area is 182 Å². The first kappa shape index (κ1) is 21.0. The summed E-state index contributed by atoms with van der Waals surface area (Å²) in [4.78, 5) is 24.5. The number of rotatable bonds is 5. The number of aryl methyl sites for hydroxylation is 1. The van der Waals surface area contributed by atoms with Crippen LogP contribution in [0.1, 0.15) is 34.7 Å². The van der Waals surface area contributed by atoms with Gasteiger partial charge in [-0.3, -0.25) is 14.6 Å². The average molecular weight is 424 g/mol. The summed E-state index contributed by atoms with van der Waals surface area (Å²) in [7, 11) is 0. The zero-order valence-electron chi connectivity index (χ0n) is 17.6. The minimum atomic E-state index is 0.170. The van der Waals surface area contributed by atoms with Crippen molar-refractivity contribution in [3.63, 3.8) is 0 Å². The first-order valence-electron chi connectivity index (χ1n) is 10.7. The molecule has 2 aliphatic heterocycles. The molecule has 0 atom stereocenters. The van der Waals surface area contributed by atoms with Crippen molar-refractivity contribution in [3.05, 3.63) is 51.5 Å². The quantitative estimate of drug-likeness (QED) is 0.740. The summed E-state index contributed by atoms with van der Waals surface area (Å²) in [6, 6.07) is 9.95. The van der Waals surface area contributed by atoms with Crippen LogP contribution in [-0.2, 0) is 17.9 Å². The predicted molar refractivity (Wildman–Crippen MR) is 118 cm³/mol. The van der Waals surface area contributed by atoms with Gasteiger partial charge in [-0.2, -0.15) is 5.26 Å². The van der Waals surface area contributed by atoms with E-state index in [0.717, 1.165) is 75.9 Å². The van der Waals surface area contributed by atoms with Gasteiger partial charge in [0.15, 0.2) is 0 Å². The average Bonchev–Trinajstić information content (AvgIpc) is 3.19. The summed E-state index contributed by atoms with van der Waals surface area (Å²) in [5.74, 6) is 0.515. The maximum absolute atomic E-state index is 13.0. The van der Waals surface area contributed by atoms with Crippen molar-refractivity contribution < 1.29 is 4.79 Å². The lowest BCUT2D eigenvalue weighted by Crippen LogP contribution is -2.51. The van der Waals surface area contributed by atoms with Crippen LogP contribution in [0.15, 0.2) is 29.6 Å². The molecular weight excluding hydrogens is 394 g/mol. The Balaban J connectivity index is 1.20. The Kier molecular flexibility index (Phi) is 6.78. The SMILES string of the molecule is Cc1nc(CN2CCC(C(=O)N3CCN(Cc4ccc(C#N)cc4)CC3)CC2)cs1. The molecule has 2 aliphatic rings. The highest BCUT2D eigenvalue weighted by atomic mass is 32.1. The monoisotopic (exact) mass is 423 g/mol. The fourth-order valence-electron chi connectivity index (χ4n) is 4.38. The number of nitriles is 1. The van der Waals surface area contributed by atoms with Gasteiger partial charge in [-0.15, -0.1) is 11.3 Å². The Bertz CT molecular complexity index is 887. The number of aromatic nitrogens is 1. The predicted octanol–water partition coefficient (Wildman–Crippen LogP) is 2.88. The van der Waals surface area contributed by atoms with E-state index in [0.29, 0.717) is 11.5 Å². The zero-order chi connectivity index (χ0) is 20.9. The number of carbonyl (C=O) groups is 1. The third-order valence-electron chi connectivity index (χ3n) is 6.16. The number of carbonyl (C=O) groups excluding carboxylic acids is 1. The van der Waals surface area contributed by atoms with Gasteiger partial charge in [0.1, 0.15) is 0 Å². The summed E-state index contributed by atoms with van der Waals surface area (Å²) in [5, 5.41) is 12.2. The minimum absolute atomic E-state index is 0.170. The summed E-state index contributed by atoms with van der Waals surface area (Å²) in [6.07, 6.45) is 1.90. The molecule has 0 bridgehead atoms. The van der Waals surface area contributed by atoms with Crippen molar-refractivity contribution in [1.29, 1.82) is 5.26 Å². The van der Waals surface area contributed by atoms with Crippen LogP contribution in [0.3, 0.4) is 0 Å². The van der Waals surface area contributed by atoms with Gasteiger partial charge in [0, 0.05) is 50.6 Å². The molecule has 3 heterocycles. The summed E-state index contributed by atoms with van der Waals surface area (Å²) >= 11 is 1.70. The standard InChI is InChI=1S/C23H29N5OS/c1-18-25-22(17-30-18)16-26-8-6-21(7-9-26)23(29)28-12-10-27(11-13-28)15-20-4-2-19(14-24)3-5-20/h2-5,17,21H,6-13,15-16H2,1H3. The van der Waals surface area contributed by atoms with Gasteiger partial charge < -0.3 is 4.90 Å². The summed E-state index contributed by atoms with van der Waals surface area (Å²) in [5.41, 5.74) is 3.07. The van der Waals surface area contributed by atoms with E-state index in [2.05, 4.69) is 31.1 Å². The van der Waals surface area contributed by atoms with Gasteiger partial charge in [0.2, 0.25) is 5.91 Å². The third kappa shape index (κ3) is 5.25. The van der Waals surface area contributed by atoms with Crippen LogP contribution in [0, 0.1) is 24.2 Å². The normalized spacial score (nSPS) is 19.0. The van der Waals surface area contributed by atoms with E-state index in [1.165, 1.54) is 5.56 Å². The smallest absolute Gasteiger partial charge is 0.225 e. The van der Waals surface area contributed by atoms with Crippen LogP contribution in [-0.4, -0.2) is 64.9 Å². The van der Waals surface area contributed by atoms with Gasteiger partial charge in [0.05, 0.1) is 22.3 Å². The Morgan fingerprint density at radius 3 is 2.33 bits per heavy atom. The van der Waals surface area contributed by atoms with Crippen LogP contribution in [0.4, 0.5) is 0 Å². The van der Waals surface area contributed by atoms with Gasteiger partial charge in [-0.25, -0.2) is 4.98 Å². The Morgan fingerprint density at radius 2 is 1.73 bits per heavy atom. The molecular formula is C23H29N5OS. The first-order valence-corrected chi connectivity index (χ1v) is 11.6. The van der Waals surface area contributed by atoms with Crippen molar-refractivity contribution in [1.82, 2.24) is 19.7 Å². The van der Waals surface area contributed by atoms with E-state index in [1.54, 1.807) is 11.3 Å². The van der Waals surface area contributed by atoms with Crippen molar-refractivity contribution in [2.75, 3.05) is 39.3 Å². The lowest BCUT2D eigenvalue weighted by atomic mass is 9.95.